The van der Waals surface area contributed by atoms with Gasteiger partial charge in [-0.2, -0.15) is 4.98 Å². The van der Waals surface area contributed by atoms with Crippen LogP contribution >= 0.6 is 0 Å². The molecule has 2 rings (SSSR count). The molecular formula is C16H24N4O3S. The first-order valence-corrected chi connectivity index (χ1v) is 9.65. The van der Waals surface area contributed by atoms with Crippen LogP contribution < -0.4 is 10.0 Å². The van der Waals surface area contributed by atoms with Crippen LogP contribution in [0.1, 0.15) is 31.7 Å². The molecular weight excluding hydrogens is 328 g/mol. The molecule has 132 valence electrons. The molecule has 0 bridgehead atoms. The van der Waals surface area contributed by atoms with Gasteiger partial charge in [-0.05, 0) is 20.3 Å². The topological polar surface area (TPSA) is 97.1 Å². The Morgan fingerprint density at radius 2 is 1.96 bits per heavy atom. The highest BCUT2D eigenvalue weighted by Crippen LogP contribution is 2.16. The van der Waals surface area contributed by atoms with Crippen LogP contribution in [-0.2, 0) is 16.6 Å². The molecule has 0 amide bonds. The van der Waals surface area contributed by atoms with Gasteiger partial charge in [0, 0.05) is 18.2 Å². The zero-order chi connectivity index (χ0) is 17.6. The van der Waals surface area contributed by atoms with Crippen LogP contribution in [0.3, 0.4) is 0 Å². The lowest BCUT2D eigenvalue weighted by atomic mass is 10.1. The molecule has 0 saturated heterocycles. The Labute approximate surface area is 142 Å². The van der Waals surface area contributed by atoms with Gasteiger partial charge in [-0.3, -0.25) is 0 Å². The number of aryl methyl sites for hydroxylation is 1. The molecule has 2 aromatic rings. The lowest BCUT2D eigenvalue weighted by Gasteiger charge is -2.13. The first kappa shape index (κ1) is 18.6. The van der Waals surface area contributed by atoms with E-state index in [4.69, 9.17) is 4.52 Å². The Balaban J connectivity index is 1.83. The molecule has 24 heavy (non-hydrogen) atoms. The summed E-state index contributed by atoms with van der Waals surface area (Å²) in [5.74, 6) is 1.15. The molecule has 1 aromatic carbocycles. The predicted molar refractivity (Wildman–Crippen MR) is 92.9 cm³/mol. The minimum absolute atomic E-state index is 0.0497. The van der Waals surface area contributed by atoms with E-state index < -0.39 is 10.0 Å². The Hall–Kier alpha value is -1.77. The van der Waals surface area contributed by atoms with Gasteiger partial charge in [0.2, 0.25) is 21.7 Å². The summed E-state index contributed by atoms with van der Waals surface area (Å²) in [4.78, 5) is 4.34. The maximum Gasteiger partial charge on any atom is 0.240 e. The highest BCUT2D eigenvalue weighted by Gasteiger charge is 2.12. The van der Waals surface area contributed by atoms with Gasteiger partial charge < -0.3 is 9.84 Å². The highest BCUT2D eigenvalue weighted by atomic mass is 32.2. The van der Waals surface area contributed by atoms with Gasteiger partial charge in [0.05, 0.1) is 12.3 Å². The number of benzene rings is 1. The van der Waals surface area contributed by atoms with Crippen molar-refractivity contribution in [1.82, 2.24) is 20.2 Å². The second-order valence-electron chi connectivity index (χ2n) is 5.83. The summed E-state index contributed by atoms with van der Waals surface area (Å²) in [5.41, 5.74) is 2.07. The zero-order valence-corrected chi connectivity index (χ0v) is 15.1. The SMILES string of the molecule is CCCS(=O)(=O)NC[C@@H](C)NCc1nc(-c2ccc(C)cc2)no1. The maximum absolute atomic E-state index is 11.6. The normalized spacial score (nSPS) is 13.1. The monoisotopic (exact) mass is 352 g/mol. The number of rotatable bonds is 9. The molecule has 0 fully saturated rings. The van der Waals surface area contributed by atoms with Gasteiger partial charge in [0.25, 0.3) is 0 Å². The molecule has 0 saturated carbocycles. The van der Waals surface area contributed by atoms with E-state index >= 15 is 0 Å². The van der Waals surface area contributed by atoms with E-state index in [1.165, 1.54) is 5.56 Å². The third kappa shape index (κ3) is 5.70. The lowest BCUT2D eigenvalue weighted by molar-refractivity contribution is 0.359. The summed E-state index contributed by atoms with van der Waals surface area (Å²) in [7, 11) is -3.19. The summed E-state index contributed by atoms with van der Waals surface area (Å²) < 4.78 is 31.0. The molecule has 0 radical (unpaired) electrons. The van der Waals surface area contributed by atoms with Crippen LogP contribution in [0.2, 0.25) is 0 Å². The third-order valence-corrected chi connectivity index (χ3v) is 5.01. The van der Waals surface area contributed by atoms with Crippen molar-refractivity contribution in [2.75, 3.05) is 12.3 Å². The molecule has 7 nitrogen and oxygen atoms in total. The van der Waals surface area contributed by atoms with E-state index in [0.717, 1.165) is 5.56 Å². The van der Waals surface area contributed by atoms with E-state index in [1.807, 2.05) is 45.0 Å². The summed E-state index contributed by atoms with van der Waals surface area (Å²) in [5, 5.41) is 7.13. The Bertz CT molecular complexity index is 741. The molecule has 0 aliphatic carbocycles. The Morgan fingerprint density at radius 1 is 1.25 bits per heavy atom. The van der Waals surface area contributed by atoms with Crippen molar-refractivity contribution in [1.29, 1.82) is 0 Å². The fourth-order valence-electron chi connectivity index (χ4n) is 2.07. The zero-order valence-electron chi connectivity index (χ0n) is 14.2. The largest absolute Gasteiger partial charge is 0.338 e. The van der Waals surface area contributed by atoms with Gasteiger partial charge in [0.15, 0.2) is 0 Å². The fraction of sp³-hybridized carbons (Fsp3) is 0.500. The van der Waals surface area contributed by atoms with Crippen molar-refractivity contribution in [3.05, 3.63) is 35.7 Å². The van der Waals surface area contributed by atoms with Gasteiger partial charge in [-0.15, -0.1) is 0 Å². The number of hydrogen-bond donors (Lipinski definition) is 2. The van der Waals surface area contributed by atoms with Crippen molar-refractivity contribution < 1.29 is 12.9 Å². The smallest absolute Gasteiger partial charge is 0.240 e. The second-order valence-corrected chi connectivity index (χ2v) is 7.75. The highest BCUT2D eigenvalue weighted by molar-refractivity contribution is 7.89. The standard InChI is InChI=1S/C16H24N4O3S/c1-4-9-24(21,22)18-10-13(3)17-11-15-19-16(20-23-15)14-7-5-12(2)6-8-14/h5-8,13,17-18H,4,9-11H2,1-3H3/t13-/m1/s1. The first-order valence-electron chi connectivity index (χ1n) is 8.00. The molecule has 1 atom stereocenters. The molecule has 2 N–H and O–H groups in total. The maximum atomic E-state index is 11.6. The fourth-order valence-corrected chi connectivity index (χ4v) is 3.26. The van der Waals surface area contributed by atoms with E-state index in [2.05, 4.69) is 20.2 Å². The summed E-state index contributed by atoms with van der Waals surface area (Å²) in [6, 6.07) is 7.83. The van der Waals surface area contributed by atoms with Crippen LogP contribution in [0.25, 0.3) is 11.4 Å². The van der Waals surface area contributed by atoms with Crippen LogP contribution in [-0.4, -0.2) is 36.9 Å². The average Bonchev–Trinajstić information content (AvgIpc) is 3.01. The van der Waals surface area contributed by atoms with Crippen LogP contribution in [0.5, 0.6) is 0 Å². The third-order valence-electron chi connectivity index (χ3n) is 3.46. The lowest BCUT2D eigenvalue weighted by Crippen LogP contribution is -2.39. The number of aromatic nitrogens is 2. The number of nitrogens with one attached hydrogen (secondary N) is 2. The molecule has 0 unspecified atom stereocenters. The van der Waals surface area contributed by atoms with Crippen LogP contribution in [0.15, 0.2) is 28.8 Å². The van der Waals surface area contributed by atoms with Crippen molar-refractivity contribution >= 4 is 10.0 Å². The number of nitrogens with zero attached hydrogens (tertiary/aromatic N) is 2. The van der Waals surface area contributed by atoms with Gasteiger partial charge in [0.1, 0.15) is 0 Å². The minimum atomic E-state index is -3.19. The Morgan fingerprint density at radius 3 is 2.62 bits per heavy atom. The van der Waals surface area contributed by atoms with Crippen LogP contribution in [0, 0.1) is 6.92 Å². The average molecular weight is 352 g/mol. The molecule has 0 spiro atoms. The molecule has 1 aromatic heterocycles. The van der Waals surface area contributed by atoms with Gasteiger partial charge in [-0.25, -0.2) is 13.1 Å². The molecule has 0 aliphatic heterocycles. The van der Waals surface area contributed by atoms with E-state index in [1.54, 1.807) is 0 Å². The number of hydrogen-bond acceptors (Lipinski definition) is 6. The minimum Gasteiger partial charge on any atom is -0.338 e. The van der Waals surface area contributed by atoms with Crippen molar-refractivity contribution in [2.45, 2.75) is 39.8 Å². The summed E-state index contributed by atoms with van der Waals surface area (Å²) in [6.07, 6.45) is 0.598. The Kier molecular flexibility index (Phi) is 6.47. The molecule has 8 heteroatoms. The summed E-state index contributed by atoms with van der Waals surface area (Å²) >= 11 is 0. The molecule has 1 heterocycles. The summed E-state index contributed by atoms with van der Waals surface area (Å²) in [6.45, 7) is 6.45. The quantitative estimate of drug-likeness (QED) is 0.715. The second kappa shape index (κ2) is 8.36. The van der Waals surface area contributed by atoms with Gasteiger partial charge >= 0.3 is 0 Å². The number of sulfonamides is 1. The van der Waals surface area contributed by atoms with Gasteiger partial charge in [-0.1, -0.05) is 41.9 Å². The molecule has 0 aliphatic rings. The van der Waals surface area contributed by atoms with E-state index in [0.29, 0.717) is 31.2 Å². The van der Waals surface area contributed by atoms with Crippen LogP contribution in [0.4, 0.5) is 0 Å². The van der Waals surface area contributed by atoms with Crippen molar-refractivity contribution in [3.8, 4) is 11.4 Å². The van der Waals surface area contributed by atoms with Crippen molar-refractivity contribution in [2.24, 2.45) is 0 Å². The van der Waals surface area contributed by atoms with E-state index in [9.17, 15) is 8.42 Å². The van der Waals surface area contributed by atoms with E-state index in [-0.39, 0.29) is 11.8 Å². The van der Waals surface area contributed by atoms with Crippen molar-refractivity contribution in [3.63, 3.8) is 0 Å². The first-order chi connectivity index (χ1) is 11.4. The predicted octanol–water partition coefficient (Wildman–Crippen LogP) is 1.85.